The molecule has 3 aromatic rings. The molecule has 25 heavy (non-hydrogen) atoms. The first-order valence-electron chi connectivity index (χ1n) is 8.25. The standard InChI is InChI=1S/C20H18BrN3S/c21-16-8-4-9-17(14-16)22-20(25)24-13-12-23-11-5-10-18(23)19(24)15-6-2-1-3-7-15/h1-11,14,19H,12-13H2,(H,22,25)/t19-/m0/s1. The van der Waals surface area contributed by atoms with Crippen LogP contribution in [0.1, 0.15) is 17.3 Å². The zero-order valence-electron chi connectivity index (χ0n) is 13.6. The van der Waals surface area contributed by atoms with E-state index in [9.17, 15) is 0 Å². The monoisotopic (exact) mass is 411 g/mol. The van der Waals surface area contributed by atoms with E-state index in [2.05, 4.69) is 73.3 Å². The first-order valence-corrected chi connectivity index (χ1v) is 9.46. The maximum absolute atomic E-state index is 5.77. The van der Waals surface area contributed by atoms with Crippen LogP contribution in [0.2, 0.25) is 0 Å². The van der Waals surface area contributed by atoms with Crippen molar-refractivity contribution in [2.24, 2.45) is 0 Å². The summed E-state index contributed by atoms with van der Waals surface area (Å²) in [5.74, 6) is 0. The number of anilines is 1. The van der Waals surface area contributed by atoms with Crippen molar-refractivity contribution in [2.45, 2.75) is 12.6 Å². The van der Waals surface area contributed by atoms with Gasteiger partial charge in [0.05, 0.1) is 6.04 Å². The Hall–Kier alpha value is -2.11. The molecule has 0 bridgehead atoms. The van der Waals surface area contributed by atoms with E-state index < -0.39 is 0 Å². The van der Waals surface area contributed by atoms with E-state index in [0.29, 0.717) is 0 Å². The molecule has 0 saturated carbocycles. The molecule has 1 atom stereocenters. The second kappa shape index (κ2) is 7.02. The van der Waals surface area contributed by atoms with E-state index in [1.807, 2.05) is 30.3 Å². The molecular weight excluding hydrogens is 394 g/mol. The number of fused-ring (bicyclic) bond motifs is 1. The summed E-state index contributed by atoms with van der Waals surface area (Å²) < 4.78 is 3.35. The molecule has 2 heterocycles. The SMILES string of the molecule is S=C(Nc1cccc(Br)c1)N1CCn2cccc2[C@@H]1c1ccccc1. The van der Waals surface area contributed by atoms with Crippen LogP contribution in [0.25, 0.3) is 0 Å². The Kier molecular flexibility index (Phi) is 4.59. The van der Waals surface area contributed by atoms with Gasteiger partial charge in [0.2, 0.25) is 0 Å². The van der Waals surface area contributed by atoms with Crippen LogP contribution in [0.4, 0.5) is 5.69 Å². The number of halogens is 1. The van der Waals surface area contributed by atoms with Crippen LogP contribution in [0, 0.1) is 0 Å². The van der Waals surface area contributed by atoms with Gasteiger partial charge in [0.15, 0.2) is 5.11 Å². The Bertz CT molecular complexity index is 891. The van der Waals surface area contributed by atoms with Crippen molar-refractivity contribution >= 4 is 38.9 Å². The van der Waals surface area contributed by atoms with E-state index in [-0.39, 0.29) is 6.04 Å². The number of nitrogens with one attached hydrogen (secondary N) is 1. The largest absolute Gasteiger partial charge is 0.348 e. The van der Waals surface area contributed by atoms with E-state index in [4.69, 9.17) is 12.2 Å². The molecule has 2 aromatic carbocycles. The van der Waals surface area contributed by atoms with Gasteiger partial charge in [0, 0.05) is 35.1 Å². The molecule has 1 N–H and O–H groups in total. The van der Waals surface area contributed by atoms with Crippen LogP contribution in [0.5, 0.6) is 0 Å². The molecule has 0 fully saturated rings. The van der Waals surface area contributed by atoms with Gasteiger partial charge in [-0.25, -0.2) is 0 Å². The van der Waals surface area contributed by atoms with Crippen molar-refractivity contribution in [1.29, 1.82) is 0 Å². The minimum atomic E-state index is 0.122. The Morgan fingerprint density at radius 3 is 2.64 bits per heavy atom. The van der Waals surface area contributed by atoms with E-state index in [0.717, 1.165) is 28.4 Å². The van der Waals surface area contributed by atoms with Gasteiger partial charge in [0.25, 0.3) is 0 Å². The molecule has 1 aliphatic heterocycles. The van der Waals surface area contributed by atoms with Gasteiger partial charge in [-0.05, 0) is 48.1 Å². The first kappa shape index (κ1) is 16.4. The Balaban J connectivity index is 1.66. The lowest BCUT2D eigenvalue weighted by Crippen LogP contribution is -2.44. The average molecular weight is 412 g/mol. The summed E-state index contributed by atoms with van der Waals surface area (Å²) in [4.78, 5) is 2.28. The molecule has 3 nitrogen and oxygen atoms in total. The van der Waals surface area contributed by atoms with Crippen LogP contribution in [-0.4, -0.2) is 21.1 Å². The van der Waals surface area contributed by atoms with E-state index >= 15 is 0 Å². The lowest BCUT2D eigenvalue weighted by atomic mass is 10.0. The van der Waals surface area contributed by atoms with Crippen LogP contribution in [0.3, 0.4) is 0 Å². The lowest BCUT2D eigenvalue weighted by molar-refractivity contribution is 0.293. The molecule has 0 spiro atoms. The highest BCUT2D eigenvalue weighted by molar-refractivity contribution is 9.10. The van der Waals surface area contributed by atoms with Crippen molar-refractivity contribution in [2.75, 3.05) is 11.9 Å². The number of aromatic nitrogens is 1. The highest BCUT2D eigenvalue weighted by atomic mass is 79.9. The van der Waals surface area contributed by atoms with Crippen molar-refractivity contribution in [3.05, 3.63) is 88.7 Å². The van der Waals surface area contributed by atoms with E-state index in [1.165, 1.54) is 11.3 Å². The van der Waals surface area contributed by atoms with Gasteiger partial charge in [-0.15, -0.1) is 0 Å². The molecule has 5 heteroatoms. The van der Waals surface area contributed by atoms with Gasteiger partial charge in [-0.3, -0.25) is 0 Å². The summed E-state index contributed by atoms with van der Waals surface area (Å²) in [5.41, 5.74) is 3.52. The number of benzene rings is 2. The van der Waals surface area contributed by atoms with E-state index in [1.54, 1.807) is 0 Å². The fourth-order valence-electron chi connectivity index (χ4n) is 3.35. The highest BCUT2D eigenvalue weighted by Crippen LogP contribution is 2.33. The summed E-state index contributed by atoms with van der Waals surface area (Å²) in [6.07, 6.45) is 2.15. The topological polar surface area (TPSA) is 20.2 Å². The molecular formula is C20H18BrN3S. The van der Waals surface area contributed by atoms with Crippen molar-refractivity contribution < 1.29 is 0 Å². The van der Waals surface area contributed by atoms with Crippen LogP contribution in [0.15, 0.2) is 77.4 Å². The van der Waals surface area contributed by atoms with Gasteiger partial charge in [-0.1, -0.05) is 52.3 Å². The quantitative estimate of drug-likeness (QED) is 0.595. The fourth-order valence-corrected chi connectivity index (χ4v) is 4.06. The summed E-state index contributed by atoms with van der Waals surface area (Å²) in [6.45, 7) is 1.81. The van der Waals surface area contributed by atoms with Crippen LogP contribution < -0.4 is 5.32 Å². The van der Waals surface area contributed by atoms with Crippen molar-refractivity contribution in [1.82, 2.24) is 9.47 Å². The summed E-state index contributed by atoms with van der Waals surface area (Å²) in [7, 11) is 0. The molecule has 0 unspecified atom stereocenters. The molecule has 4 rings (SSSR count). The molecule has 1 aliphatic rings. The second-order valence-electron chi connectivity index (χ2n) is 6.07. The van der Waals surface area contributed by atoms with Gasteiger partial charge < -0.3 is 14.8 Å². The third-order valence-electron chi connectivity index (χ3n) is 4.49. The zero-order valence-corrected chi connectivity index (χ0v) is 16.0. The van der Waals surface area contributed by atoms with Gasteiger partial charge >= 0.3 is 0 Å². The number of hydrogen-bond donors (Lipinski definition) is 1. The predicted molar refractivity (Wildman–Crippen MR) is 110 cm³/mol. The van der Waals surface area contributed by atoms with Crippen LogP contribution in [-0.2, 0) is 6.54 Å². The zero-order chi connectivity index (χ0) is 17.2. The number of rotatable bonds is 2. The number of thiocarbonyl (C=S) groups is 1. The summed E-state index contributed by atoms with van der Waals surface area (Å²) in [5, 5.41) is 4.14. The molecule has 0 amide bonds. The summed E-state index contributed by atoms with van der Waals surface area (Å²) >= 11 is 9.28. The highest BCUT2D eigenvalue weighted by Gasteiger charge is 2.30. The Morgan fingerprint density at radius 2 is 1.84 bits per heavy atom. The smallest absolute Gasteiger partial charge is 0.174 e. The molecule has 0 radical (unpaired) electrons. The molecule has 0 saturated heterocycles. The fraction of sp³-hybridized carbons (Fsp3) is 0.150. The third kappa shape index (κ3) is 3.34. The number of nitrogens with zero attached hydrogens (tertiary/aromatic N) is 2. The molecule has 0 aliphatic carbocycles. The minimum absolute atomic E-state index is 0.122. The summed E-state index contributed by atoms with van der Waals surface area (Å²) in [6, 6.07) is 23.1. The first-order chi connectivity index (χ1) is 12.2. The maximum atomic E-state index is 5.77. The third-order valence-corrected chi connectivity index (χ3v) is 5.32. The lowest BCUT2D eigenvalue weighted by Gasteiger charge is -2.39. The Labute approximate surface area is 161 Å². The second-order valence-corrected chi connectivity index (χ2v) is 7.38. The maximum Gasteiger partial charge on any atom is 0.174 e. The average Bonchev–Trinajstić information content (AvgIpc) is 3.10. The minimum Gasteiger partial charge on any atom is -0.348 e. The van der Waals surface area contributed by atoms with Gasteiger partial charge in [-0.2, -0.15) is 0 Å². The normalized spacial score (nSPS) is 16.4. The Morgan fingerprint density at radius 1 is 1.00 bits per heavy atom. The van der Waals surface area contributed by atoms with Gasteiger partial charge in [0.1, 0.15) is 0 Å². The van der Waals surface area contributed by atoms with Crippen molar-refractivity contribution in [3.8, 4) is 0 Å². The molecule has 1 aromatic heterocycles. The predicted octanol–water partition coefficient (Wildman–Crippen LogP) is 5.05. The van der Waals surface area contributed by atoms with Crippen LogP contribution >= 0.6 is 28.1 Å². The van der Waals surface area contributed by atoms with Crippen molar-refractivity contribution in [3.63, 3.8) is 0 Å². The number of hydrogen-bond acceptors (Lipinski definition) is 1. The molecule has 126 valence electrons.